The van der Waals surface area contributed by atoms with E-state index in [1.54, 1.807) is 19.9 Å². The molecule has 4 amide bonds. The number of carbonyl (C=O) groups excluding carboxylic acids is 4. The van der Waals surface area contributed by atoms with Gasteiger partial charge >= 0.3 is 18.1 Å². The predicted molar refractivity (Wildman–Crippen MR) is 130 cm³/mol. The van der Waals surface area contributed by atoms with E-state index in [9.17, 15) is 19.2 Å². The highest BCUT2D eigenvalue weighted by molar-refractivity contribution is 6.04. The number of aromatic nitrogens is 3. The van der Waals surface area contributed by atoms with Crippen LogP contribution in [0.4, 0.5) is 21.1 Å². The van der Waals surface area contributed by atoms with E-state index in [0.29, 0.717) is 5.65 Å². The van der Waals surface area contributed by atoms with E-state index in [1.165, 1.54) is 49.1 Å². The topological polar surface area (TPSA) is 174 Å². The molecule has 0 spiro atoms. The normalized spacial score (nSPS) is 15.9. The molecule has 0 saturated carbocycles. The lowest BCUT2D eigenvalue weighted by Gasteiger charge is -2.24. The molecule has 0 aliphatic carbocycles. The summed E-state index contributed by atoms with van der Waals surface area (Å²) in [6.07, 6.45) is 0.899. The number of hydrogen-bond donors (Lipinski definition) is 4. The second kappa shape index (κ2) is 10.0. The van der Waals surface area contributed by atoms with Gasteiger partial charge in [0.1, 0.15) is 29.7 Å². The van der Waals surface area contributed by atoms with Crippen molar-refractivity contribution in [2.75, 3.05) is 31.4 Å². The van der Waals surface area contributed by atoms with E-state index in [2.05, 4.69) is 31.3 Å². The Morgan fingerprint density at radius 3 is 2.65 bits per heavy atom. The van der Waals surface area contributed by atoms with Gasteiger partial charge in [-0.15, -0.1) is 0 Å². The van der Waals surface area contributed by atoms with Crippen molar-refractivity contribution in [1.29, 1.82) is 0 Å². The summed E-state index contributed by atoms with van der Waals surface area (Å²) in [4.78, 5) is 52.5. The zero-order valence-corrected chi connectivity index (χ0v) is 20.4. The van der Waals surface area contributed by atoms with Gasteiger partial charge in [-0.3, -0.25) is 10.1 Å². The van der Waals surface area contributed by atoms with Crippen molar-refractivity contribution >= 4 is 41.2 Å². The van der Waals surface area contributed by atoms with Crippen LogP contribution in [0.15, 0.2) is 36.5 Å². The van der Waals surface area contributed by atoms with Crippen molar-refractivity contribution in [3.8, 4) is 5.75 Å². The maximum absolute atomic E-state index is 13.1. The van der Waals surface area contributed by atoms with Crippen molar-refractivity contribution in [3.05, 3.63) is 47.8 Å². The van der Waals surface area contributed by atoms with E-state index in [4.69, 9.17) is 14.2 Å². The summed E-state index contributed by atoms with van der Waals surface area (Å²) in [6, 6.07) is 6.52. The van der Waals surface area contributed by atoms with Crippen LogP contribution in [0.2, 0.25) is 0 Å². The molecule has 4 rings (SSSR count). The van der Waals surface area contributed by atoms with Crippen molar-refractivity contribution in [2.45, 2.75) is 25.5 Å². The van der Waals surface area contributed by atoms with Gasteiger partial charge in [0.2, 0.25) is 0 Å². The number of hydrogen-bond acceptors (Lipinski definition) is 9. The fourth-order valence-corrected chi connectivity index (χ4v) is 3.50. The molecule has 14 heteroatoms. The van der Waals surface area contributed by atoms with Gasteiger partial charge in [-0.25, -0.2) is 23.9 Å². The highest BCUT2D eigenvalue weighted by atomic mass is 16.6. The number of carbonyl (C=O) groups is 4. The molecule has 3 heterocycles. The maximum atomic E-state index is 13.1. The molecule has 1 saturated heterocycles. The molecular weight excluding hydrogens is 486 g/mol. The molecule has 37 heavy (non-hydrogen) atoms. The van der Waals surface area contributed by atoms with Crippen molar-refractivity contribution in [3.63, 3.8) is 0 Å². The largest absolute Gasteiger partial charge is 0.489 e. The number of alkyl carbamates (subject to hydrolysis) is 1. The Bertz CT molecular complexity index is 1390. The highest BCUT2D eigenvalue weighted by Crippen LogP contribution is 2.29. The third-order valence-electron chi connectivity index (χ3n) is 5.56. The van der Waals surface area contributed by atoms with Gasteiger partial charge in [0.15, 0.2) is 11.5 Å². The Morgan fingerprint density at radius 1 is 1.19 bits per heavy atom. The average Bonchev–Trinajstić information content (AvgIpc) is 3.39. The number of rotatable bonds is 7. The Hall–Kier alpha value is -4.88. The summed E-state index contributed by atoms with van der Waals surface area (Å²) in [5, 5.41) is 14.6. The van der Waals surface area contributed by atoms with Crippen molar-refractivity contribution in [2.24, 2.45) is 0 Å². The Balaban J connectivity index is 1.56. The van der Waals surface area contributed by atoms with Crippen LogP contribution in [0.25, 0.3) is 5.65 Å². The Labute approximate surface area is 210 Å². The number of benzene rings is 1. The number of urea groups is 1. The van der Waals surface area contributed by atoms with Crippen LogP contribution in [-0.4, -0.2) is 71.0 Å². The third-order valence-corrected chi connectivity index (χ3v) is 5.56. The quantitative estimate of drug-likeness (QED) is 0.345. The number of cyclic esters (lactones) is 1. The lowest BCUT2D eigenvalue weighted by atomic mass is 10.0. The van der Waals surface area contributed by atoms with E-state index in [1.807, 2.05) is 0 Å². The summed E-state index contributed by atoms with van der Waals surface area (Å²) in [5.41, 5.74) is 0.00475. The molecule has 2 aromatic heterocycles. The first kappa shape index (κ1) is 25.2. The van der Waals surface area contributed by atoms with Crippen LogP contribution in [0, 0.1) is 0 Å². The summed E-state index contributed by atoms with van der Waals surface area (Å²) in [5.74, 6) is -0.703. The molecule has 4 N–H and O–H groups in total. The Morgan fingerprint density at radius 2 is 1.97 bits per heavy atom. The lowest BCUT2D eigenvalue weighted by Crippen LogP contribution is -2.43. The average molecular weight is 511 g/mol. The summed E-state index contributed by atoms with van der Waals surface area (Å²) in [7, 11) is 2.71. The molecule has 1 atom stereocenters. The van der Waals surface area contributed by atoms with Crippen molar-refractivity contribution in [1.82, 2.24) is 25.2 Å². The zero-order valence-electron chi connectivity index (χ0n) is 20.4. The standard InChI is InChI=1S/C23H25N7O7/c1-23(2)16(26-22(34)37-23)11-36-15-7-5-12(20(32)35-4)9-14(15)25-19(31)13-6-8-18-27-17(10-30(18)29-13)28-21(33)24-3/h5-10,16H,11H2,1-4H3,(H,25,31)(H,26,34)(H2,24,28,33). The molecule has 14 nitrogen and oxygen atoms in total. The number of fused-ring (bicyclic) bond motifs is 1. The minimum atomic E-state index is -0.803. The number of ether oxygens (including phenoxy) is 3. The summed E-state index contributed by atoms with van der Waals surface area (Å²) in [6.45, 7) is 3.53. The monoisotopic (exact) mass is 511 g/mol. The first-order chi connectivity index (χ1) is 17.6. The van der Waals surface area contributed by atoms with Gasteiger partial charge in [0.05, 0.1) is 24.6 Å². The first-order valence-corrected chi connectivity index (χ1v) is 11.1. The van der Waals surface area contributed by atoms with E-state index in [-0.39, 0.29) is 35.1 Å². The van der Waals surface area contributed by atoms with Crippen LogP contribution in [0.1, 0.15) is 34.7 Å². The molecule has 1 fully saturated rings. The number of nitrogens with zero attached hydrogens (tertiary/aromatic N) is 3. The summed E-state index contributed by atoms with van der Waals surface area (Å²) >= 11 is 0. The zero-order chi connectivity index (χ0) is 26.7. The third kappa shape index (κ3) is 5.52. The van der Waals surface area contributed by atoms with Gasteiger partial charge in [-0.1, -0.05) is 0 Å². The molecule has 0 radical (unpaired) electrons. The molecule has 1 aliphatic rings. The molecule has 3 aromatic rings. The number of methoxy groups -OCH3 is 1. The van der Waals surface area contributed by atoms with Crippen LogP contribution in [0.3, 0.4) is 0 Å². The fraction of sp³-hybridized carbons (Fsp3) is 0.304. The number of esters is 1. The smallest absolute Gasteiger partial charge is 0.408 e. The van der Waals surface area contributed by atoms with E-state index >= 15 is 0 Å². The highest BCUT2D eigenvalue weighted by Gasteiger charge is 2.41. The molecule has 1 unspecified atom stereocenters. The van der Waals surface area contributed by atoms with Crippen LogP contribution in [0.5, 0.6) is 5.75 Å². The molecule has 1 aliphatic heterocycles. The van der Waals surface area contributed by atoms with Crippen molar-refractivity contribution < 1.29 is 33.4 Å². The van der Waals surface area contributed by atoms with Gasteiger partial charge in [-0.2, -0.15) is 5.10 Å². The molecule has 0 bridgehead atoms. The molecule has 194 valence electrons. The first-order valence-electron chi connectivity index (χ1n) is 11.1. The number of amides is 4. The lowest BCUT2D eigenvalue weighted by molar-refractivity contribution is 0.0567. The fourth-order valence-electron chi connectivity index (χ4n) is 3.50. The SMILES string of the molecule is CNC(=O)Nc1cn2nc(C(=O)Nc3cc(C(=O)OC)ccc3OCC3NC(=O)OC3(C)C)ccc2n1. The summed E-state index contributed by atoms with van der Waals surface area (Å²) < 4.78 is 17.2. The number of anilines is 2. The minimum Gasteiger partial charge on any atom is -0.489 e. The number of imidazole rings is 1. The maximum Gasteiger partial charge on any atom is 0.408 e. The van der Waals surface area contributed by atoms with Gasteiger partial charge in [0.25, 0.3) is 5.91 Å². The molecule has 1 aromatic carbocycles. The van der Waals surface area contributed by atoms with E-state index in [0.717, 1.165) is 0 Å². The predicted octanol–water partition coefficient (Wildman–Crippen LogP) is 1.79. The van der Waals surface area contributed by atoms with Gasteiger partial charge in [-0.05, 0) is 44.2 Å². The van der Waals surface area contributed by atoms with E-state index < -0.39 is 35.6 Å². The molecular formula is C23H25N7O7. The van der Waals surface area contributed by atoms with Crippen LogP contribution >= 0.6 is 0 Å². The Kier molecular flexibility index (Phi) is 6.82. The second-order valence-electron chi connectivity index (χ2n) is 8.51. The number of nitrogens with one attached hydrogen (secondary N) is 4. The minimum absolute atomic E-state index is 0.0309. The van der Waals surface area contributed by atoms with Crippen LogP contribution in [-0.2, 0) is 9.47 Å². The second-order valence-corrected chi connectivity index (χ2v) is 8.51. The van der Waals surface area contributed by atoms with Crippen LogP contribution < -0.4 is 26.0 Å². The van der Waals surface area contributed by atoms with Gasteiger partial charge < -0.3 is 30.2 Å². The van der Waals surface area contributed by atoms with Gasteiger partial charge in [0, 0.05) is 7.05 Å².